The summed E-state index contributed by atoms with van der Waals surface area (Å²) in [6, 6.07) is 31.3. The van der Waals surface area contributed by atoms with Crippen molar-refractivity contribution in [2.75, 3.05) is 13.2 Å². The molecule has 0 bridgehead atoms. The van der Waals surface area contributed by atoms with Gasteiger partial charge in [0.15, 0.2) is 0 Å². The lowest BCUT2D eigenvalue weighted by molar-refractivity contribution is -0.143. The lowest BCUT2D eigenvalue weighted by Crippen LogP contribution is -2.33. The first-order chi connectivity index (χ1) is 16.7. The lowest BCUT2D eigenvalue weighted by Gasteiger charge is -2.35. The first-order valence-electron chi connectivity index (χ1n) is 12.6. The molecule has 0 aromatic heterocycles. The minimum absolute atomic E-state index is 0.119. The second-order valence-electron chi connectivity index (χ2n) is 8.00. The number of carbonyl (C=O) groups is 1. The normalized spacial score (nSPS) is 15.8. The van der Waals surface area contributed by atoms with Crippen LogP contribution in [0.25, 0.3) is 0 Å². The summed E-state index contributed by atoms with van der Waals surface area (Å²) < 4.78 is 11.1. The predicted octanol–water partition coefficient (Wildman–Crippen LogP) is 7.59. The van der Waals surface area contributed by atoms with Gasteiger partial charge < -0.3 is 9.47 Å². The van der Waals surface area contributed by atoms with E-state index in [2.05, 4.69) is 67.6 Å². The van der Waals surface area contributed by atoms with Crippen molar-refractivity contribution in [1.82, 2.24) is 0 Å². The van der Waals surface area contributed by atoms with Crippen LogP contribution in [0.2, 0.25) is 0 Å². The van der Waals surface area contributed by atoms with Crippen molar-refractivity contribution >= 4 is 5.97 Å². The number of carbonyl (C=O) groups excluding carboxylic acids is 1. The van der Waals surface area contributed by atoms with Gasteiger partial charge in [-0.25, -0.2) is 0 Å². The third kappa shape index (κ3) is 7.30. The average molecular weight is 461 g/mol. The van der Waals surface area contributed by atoms with E-state index >= 15 is 0 Å². The van der Waals surface area contributed by atoms with Gasteiger partial charge in [-0.1, -0.05) is 112 Å². The van der Waals surface area contributed by atoms with E-state index in [1.807, 2.05) is 51.1 Å². The Morgan fingerprint density at radius 1 is 0.853 bits per heavy atom. The van der Waals surface area contributed by atoms with E-state index in [4.69, 9.17) is 9.47 Å². The van der Waals surface area contributed by atoms with Crippen molar-refractivity contribution in [3.8, 4) is 0 Å². The summed E-state index contributed by atoms with van der Waals surface area (Å²) >= 11 is 0. The standard InChI is InChI=1S/C18H20O.C11H14O2.C2H6/c1-2-15-13-14-19-18(15,16-9-5-3-6-10-16)17-11-7-4-8-12-17;1-2-13-11(12)9-8-10-6-4-3-5-7-10;1-2/h3-12,15H,2,13-14H2,1H3;3-7H,2,8-9H2,1H3;1-2H3. The molecule has 0 amide bonds. The maximum absolute atomic E-state index is 11.0. The van der Waals surface area contributed by atoms with Crippen LogP contribution >= 0.6 is 0 Å². The number of esters is 1. The van der Waals surface area contributed by atoms with E-state index in [0.29, 0.717) is 18.9 Å². The maximum Gasteiger partial charge on any atom is 0.306 e. The Morgan fingerprint density at radius 2 is 1.35 bits per heavy atom. The van der Waals surface area contributed by atoms with Crippen LogP contribution in [0.5, 0.6) is 0 Å². The molecular weight excluding hydrogens is 420 g/mol. The van der Waals surface area contributed by atoms with E-state index in [1.165, 1.54) is 16.7 Å². The van der Waals surface area contributed by atoms with E-state index < -0.39 is 0 Å². The molecule has 0 saturated carbocycles. The van der Waals surface area contributed by atoms with E-state index in [1.54, 1.807) is 0 Å². The molecule has 3 nitrogen and oxygen atoms in total. The molecule has 4 rings (SSSR count). The quantitative estimate of drug-likeness (QED) is 0.341. The maximum atomic E-state index is 11.0. The monoisotopic (exact) mass is 460 g/mol. The highest BCUT2D eigenvalue weighted by Crippen LogP contribution is 2.47. The third-order valence-electron chi connectivity index (χ3n) is 6.03. The van der Waals surface area contributed by atoms with Crippen molar-refractivity contribution in [2.45, 2.75) is 59.0 Å². The molecule has 1 atom stereocenters. The van der Waals surface area contributed by atoms with Crippen LogP contribution < -0.4 is 0 Å². The van der Waals surface area contributed by atoms with Crippen LogP contribution in [0.4, 0.5) is 0 Å². The number of benzene rings is 3. The molecule has 3 aromatic rings. The first-order valence-corrected chi connectivity index (χ1v) is 12.6. The molecule has 1 heterocycles. The Balaban J connectivity index is 0.000000239. The summed E-state index contributed by atoms with van der Waals surface area (Å²) in [7, 11) is 0. The number of ether oxygens (including phenoxy) is 2. The SMILES string of the molecule is CC.CCC1CCOC1(c1ccccc1)c1ccccc1.CCOC(=O)CCc1ccccc1. The smallest absolute Gasteiger partial charge is 0.306 e. The molecule has 1 saturated heterocycles. The third-order valence-corrected chi connectivity index (χ3v) is 6.03. The topological polar surface area (TPSA) is 35.5 Å². The molecule has 3 aromatic carbocycles. The molecule has 3 heteroatoms. The van der Waals surface area contributed by atoms with Crippen LogP contribution in [0, 0.1) is 5.92 Å². The van der Waals surface area contributed by atoms with Crippen LogP contribution in [0.1, 0.15) is 63.6 Å². The Kier molecular flexibility index (Phi) is 12.1. The summed E-state index contributed by atoms with van der Waals surface area (Å²) in [6.45, 7) is 9.40. The molecular formula is C31H40O3. The zero-order chi connectivity index (χ0) is 24.7. The Bertz CT molecular complexity index is 883. The molecule has 1 aliphatic rings. The molecule has 0 N–H and O–H groups in total. The first kappa shape index (κ1) is 27.3. The highest BCUT2D eigenvalue weighted by Gasteiger charge is 2.45. The van der Waals surface area contributed by atoms with Gasteiger partial charge in [-0.2, -0.15) is 0 Å². The molecule has 34 heavy (non-hydrogen) atoms. The minimum Gasteiger partial charge on any atom is -0.466 e. The fraction of sp³-hybridized carbons (Fsp3) is 0.387. The Morgan fingerprint density at radius 3 is 1.82 bits per heavy atom. The van der Waals surface area contributed by atoms with Crippen LogP contribution in [0.15, 0.2) is 91.0 Å². The van der Waals surface area contributed by atoms with Gasteiger partial charge in [-0.05, 0) is 48.8 Å². The second kappa shape index (κ2) is 15.1. The number of hydrogen-bond donors (Lipinski definition) is 0. The zero-order valence-corrected chi connectivity index (χ0v) is 21.2. The Labute approximate surface area is 206 Å². The largest absolute Gasteiger partial charge is 0.466 e. The van der Waals surface area contributed by atoms with Gasteiger partial charge >= 0.3 is 5.97 Å². The molecule has 0 aliphatic carbocycles. The fourth-order valence-electron chi connectivity index (χ4n) is 4.48. The van der Waals surface area contributed by atoms with Gasteiger partial charge in [-0.3, -0.25) is 4.79 Å². The molecule has 0 radical (unpaired) electrons. The van der Waals surface area contributed by atoms with E-state index in [0.717, 1.165) is 25.9 Å². The van der Waals surface area contributed by atoms with Gasteiger partial charge in [0, 0.05) is 13.0 Å². The number of rotatable bonds is 7. The summed E-state index contributed by atoms with van der Waals surface area (Å²) in [6.07, 6.45) is 3.52. The molecule has 1 unspecified atom stereocenters. The molecule has 1 fully saturated rings. The number of aryl methyl sites for hydroxylation is 1. The summed E-state index contributed by atoms with van der Waals surface area (Å²) in [5.74, 6) is 0.434. The predicted molar refractivity (Wildman–Crippen MR) is 141 cm³/mol. The van der Waals surface area contributed by atoms with Gasteiger partial charge in [0.25, 0.3) is 0 Å². The van der Waals surface area contributed by atoms with Gasteiger partial charge in [0.05, 0.1) is 6.61 Å². The van der Waals surface area contributed by atoms with Gasteiger partial charge in [0.1, 0.15) is 5.60 Å². The summed E-state index contributed by atoms with van der Waals surface area (Å²) in [4.78, 5) is 11.0. The highest BCUT2D eigenvalue weighted by atomic mass is 16.5. The van der Waals surface area contributed by atoms with E-state index in [-0.39, 0.29) is 11.6 Å². The zero-order valence-electron chi connectivity index (χ0n) is 21.2. The molecule has 1 aliphatic heterocycles. The van der Waals surface area contributed by atoms with Crippen LogP contribution in [-0.4, -0.2) is 19.2 Å². The number of hydrogen-bond acceptors (Lipinski definition) is 3. The minimum atomic E-state index is -0.253. The van der Waals surface area contributed by atoms with Crippen molar-refractivity contribution in [1.29, 1.82) is 0 Å². The highest BCUT2D eigenvalue weighted by molar-refractivity contribution is 5.69. The van der Waals surface area contributed by atoms with Gasteiger partial charge in [-0.15, -0.1) is 0 Å². The lowest BCUT2D eigenvalue weighted by atomic mass is 9.75. The van der Waals surface area contributed by atoms with Crippen molar-refractivity contribution in [3.63, 3.8) is 0 Å². The molecule has 0 spiro atoms. The summed E-state index contributed by atoms with van der Waals surface area (Å²) in [5.41, 5.74) is 3.49. The fourth-order valence-corrected chi connectivity index (χ4v) is 4.48. The van der Waals surface area contributed by atoms with Gasteiger partial charge in [0.2, 0.25) is 0 Å². The van der Waals surface area contributed by atoms with Crippen LogP contribution in [0.3, 0.4) is 0 Å². The van der Waals surface area contributed by atoms with Crippen molar-refractivity contribution in [3.05, 3.63) is 108 Å². The average Bonchev–Trinajstić information content (AvgIpc) is 3.36. The Hall–Kier alpha value is -2.91. The second-order valence-corrected chi connectivity index (χ2v) is 8.00. The summed E-state index contributed by atoms with van der Waals surface area (Å²) in [5, 5.41) is 0. The van der Waals surface area contributed by atoms with Crippen molar-refractivity contribution < 1.29 is 14.3 Å². The van der Waals surface area contributed by atoms with Crippen LogP contribution in [-0.2, 0) is 26.3 Å². The molecule has 182 valence electrons. The van der Waals surface area contributed by atoms with Crippen molar-refractivity contribution in [2.24, 2.45) is 5.92 Å². The van der Waals surface area contributed by atoms with E-state index in [9.17, 15) is 4.79 Å².